The summed E-state index contributed by atoms with van der Waals surface area (Å²) in [6.45, 7) is 0.447. The van der Waals surface area contributed by atoms with E-state index in [1.165, 1.54) is 17.5 Å². The summed E-state index contributed by atoms with van der Waals surface area (Å²) in [5.41, 5.74) is 0.187. The van der Waals surface area contributed by atoms with Crippen molar-refractivity contribution in [1.82, 2.24) is 14.5 Å². The zero-order valence-corrected chi connectivity index (χ0v) is 24.0. The third-order valence-corrected chi connectivity index (χ3v) is 9.44. The number of benzene rings is 1. The van der Waals surface area contributed by atoms with Crippen LogP contribution in [0.1, 0.15) is 77.4 Å². The number of piperidine rings is 1. The highest BCUT2D eigenvalue weighted by Crippen LogP contribution is 2.41. The lowest BCUT2D eigenvalue weighted by Gasteiger charge is -2.31. The first-order chi connectivity index (χ1) is 19.6. The first kappa shape index (κ1) is 28.2. The highest BCUT2D eigenvalue weighted by molar-refractivity contribution is 7.10. The SMILES string of the molecule is O=C(Cn1cc(C2CC2)cc(C(F)(F)F)c1=O)N1CCC(c2nc(C3=NOC(c4c(Cl)cccc4Cl)C3)cs2)CC1. The third kappa shape index (κ3) is 5.89. The van der Waals surface area contributed by atoms with Gasteiger partial charge in [-0.15, -0.1) is 11.3 Å². The van der Waals surface area contributed by atoms with E-state index in [1.54, 1.807) is 23.1 Å². The molecule has 13 heteroatoms. The lowest BCUT2D eigenvalue weighted by Crippen LogP contribution is -2.42. The molecule has 1 atom stereocenters. The average molecular weight is 626 g/mol. The van der Waals surface area contributed by atoms with Gasteiger partial charge in [0.1, 0.15) is 17.8 Å². The van der Waals surface area contributed by atoms with Gasteiger partial charge in [0, 0.05) is 52.6 Å². The molecule has 3 aromatic rings. The van der Waals surface area contributed by atoms with Gasteiger partial charge < -0.3 is 14.3 Å². The summed E-state index contributed by atoms with van der Waals surface area (Å²) in [7, 11) is 0. The minimum absolute atomic E-state index is 0.0126. The minimum Gasteiger partial charge on any atom is -0.387 e. The van der Waals surface area contributed by atoms with Gasteiger partial charge in [-0.3, -0.25) is 9.59 Å². The molecule has 1 aliphatic carbocycles. The number of halogens is 5. The van der Waals surface area contributed by atoms with Crippen molar-refractivity contribution in [2.75, 3.05) is 13.1 Å². The van der Waals surface area contributed by atoms with Crippen LogP contribution in [0.25, 0.3) is 0 Å². The number of hydrogen-bond acceptors (Lipinski definition) is 6. The summed E-state index contributed by atoms with van der Waals surface area (Å²) in [6.07, 6.45) is -0.382. The Kier molecular flexibility index (Phi) is 7.63. The second kappa shape index (κ2) is 11.1. The molecule has 0 radical (unpaired) electrons. The summed E-state index contributed by atoms with van der Waals surface area (Å²) in [4.78, 5) is 37.6. The van der Waals surface area contributed by atoms with E-state index in [1.807, 2.05) is 5.38 Å². The molecule has 7 nitrogen and oxygen atoms in total. The van der Waals surface area contributed by atoms with E-state index >= 15 is 0 Å². The van der Waals surface area contributed by atoms with E-state index in [9.17, 15) is 22.8 Å². The molecule has 41 heavy (non-hydrogen) atoms. The second-order valence-corrected chi connectivity index (χ2v) is 12.3. The van der Waals surface area contributed by atoms with Crippen molar-refractivity contribution >= 4 is 46.2 Å². The van der Waals surface area contributed by atoms with Crippen molar-refractivity contribution in [3.05, 3.63) is 83.6 Å². The summed E-state index contributed by atoms with van der Waals surface area (Å²) in [5, 5.41) is 8.11. The van der Waals surface area contributed by atoms with Crippen LogP contribution in [0.15, 0.2) is 45.8 Å². The Balaban J connectivity index is 1.08. The predicted molar refractivity (Wildman–Crippen MR) is 150 cm³/mol. The lowest BCUT2D eigenvalue weighted by atomic mass is 9.97. The van der Waals surface area contributed by atoms with Crippen LogP contribution in [0.5, 0.6) is 0 Å². The van der Waals surface area contributed by atoms with Gasteiger partial charge in [-0.1, -0.05) is 34.4 Å². The first-order valence-electron chi connectivity index (χ1n) is 13.3. The average Bonchev–Trinajstić information content (AvgIpc) is 3.46. The van der Waals surface area contributed by atoms with Crippen LogP contribution in [-0.4, -0.2) is 39.2 Å². The van der Waals surface area contributed by atoms with E-state index in [-0.39, 0.29) is 17.7 Å². The Hall–Kier alpha value is -2.89. The maximum Gasteiger partial charge on any atom is 0.421 e. The number of pyridine rings is 1. The highest BCUT2D eigenvalue weighted by atomic mass is 35.5. The van der Waals surface area contributed by atoms with E-state index in [2.05, 4.69) is 5.16 Å². The van der Waals surface area contributed by atoms with Gasteiger partial charge in [-0.25, -0.2) is 4.98 Å². The van der Waals surface area contributed by atoms with Gasteiger partial charge in [-0.05, 0) is 55.4 Å². The largest absolute Gasteiger partial charge is 0.421 e. The number of rotatable bonds is 6. The topological polar surface area (TPSA) is 76.8 Å². The monoisotopic (exact) mass is 624 g/mol. The molecule has 0 spiro atoms. The Morgan fingerprint density at radius 2 is 1.80 bits per heavy atom. The Labute approximate surface area is 247 Å². The summed E-state index contributed by atoms with van der Waals surface area (Å²) in [5.74, 6) is -0.223. The fourth-order valence-electron chi connectivity index (χ4n) is 5.35. The number of hydrogen-bond donors (Lipinski definition) is 0. The Bertz CT molecular complexity index is 1560. The minimum atomic E-state index is -4.77. The molecule has 1 saturated heterocycles. The molecule has 1 unspecified atom stereocenters. The van der Waals surface area contributed by atoms with Crippen LogP contribution in [0.4, 0.5) is 13.2 Å². The summed E-state index contributed by atoms with van der Waals surface area (Å²) < 4.78 is 41.4. The van der Waals surface area contributed by atoms with Crippen molar-refractivity contribution in [2.24, 2.45) is 5.16 Å². The standard InChI is InChI=1S/C28H25Cl2F3N4O3S/c29-19-2-1-3-20(30)25(19)23-11-21(35-40-23)22-14-41-26(34-22)16-6-8-36(9-7-16)24(38)13-37-12-17(15-4-5-15)10-18(27(37)39)28(31,32)33/h1-3,10,12,14-16,23H,4-9,11,13H2. The second-order valence-electron chi connectivity index (χ2n) is 10.6. The number of likely N-dealkylation sites (tertiary alicyclic amines) is 1. The van der Waals surface area contributed by atoms with Crippen LogP contribution < -0.4 is 5.56 Å². The normalized spacial score (nSPS) is 19.8. The van der Waals surface area contributed by atoms with Crippen molar-refractivity contribution in [3.8, 4) is 0 Å². The fraction of sp³-hybridized carbons (Fsp3) is 0.429. The van der Waals surface area contributed by atoms with Crippen LogP contribution in [0, 0.1) is 0 Å². The van der Waals surface area contributed by atoms with Crippen molar-refractivity contribution < 1.29 is 22.8 Å². The fourth-order valence-corrected chi connectivity index (χ4v) is 6.99. The highest BCUT2D eigenvalue weighted by Gasteiger charge is 2.37. The Morgan fingerprint density at radius 1 is 1.10 bits per heavy atom. The number of aromatic nitrogens is 2. The van der Waals surface area contributed by atoms with Gasteiger partial charge in [0.25, 0.3) is 5.56 Å². The van der Waals surface area contributed by atoms with E-state index < -0.39 is 29.9 Å². The third-order valence-electron chi connectivity index (χ3n) is 7.77. The van der Waals surface area contributed by atoms with Crippen LogP contribution in [-0.2, 0) is 22.4 Å². The molecule has 3 aliphatic rings. The molecule has 2 aromatic heterocycles. The molecule has 0 bridgehead atoms. The van der Waals surface area contributed by atoms with E-state index in [0.29, 0.717) is 59.2 Å². The number of nitrogens with zero attached hydrogens (tertiary/aromatic N) is 4. The van der Waals surface area contributed by atoms with Crippen molar-refractivity contribution in [1.29, 1.82) is 0 Å². The lowest BCUT2D eigenvalue weighted by molar-refractivity contribution is -0.140. The van der Waals surface area contributed by atoms with Crippen LogP contribution in [0.2, 0.25) is 10.0 Å². The van der Waals surface area contributed by atoms with E-state index in [0.717, 1.165) is 34.2 Å². The number of carbonyl (C=O) groups is 1. The van der Waals surface area contributed by atoms with Crippen LogP contribution in [0.3, 0.4) is 0 Å². The zero-order valence-electron chi connectivity index (χ0n) is 21.7. The molecule has 2 fully saturated rings. The molecular weight excluding hydrogens is 600 g/mol. The predicted octanol–water partition coefficient (Wildman–Crippen LogP) is 6.78. The molecule has 1 saturated carbocycles. The number of thiazole rings is 1. The number of oxime groups is 1. The molecule has 1 aromatic carbocycles. The zero-order chi connectivity index (χ0) is 28.9. The first-order valence-corrected chi connectivity index (χ1v) is 14.9. The Morgan fingerprint density at radius 3 is 2.46 bits per heavy atom. The van der Waals surface area contributed by atoms with Crippen LogP contribution >= 0.6 is 34.5 Å². The molecule has 0 N–H and O–H groups in total. The van der Waals surface area contributed by atoms with Crippen molar-refractivity contribution in [3.63, 3.8) is 0 Å². The van der Waals surface area contributed by atoms with E-state index in [4.69, 9.17) is 33.0 Å². The van der Waals surface area contributed by atoms with Crippen molar-refractivity contribution in [2.45, 2.75) is 62.8 Å². The summed E-state index contributed by atoms with van der Waals surface area (Å²) in [6, 6.07) is 6.22. The molecule has 216 valence electrons. The van der Waals surface area contributed by atoms with Gasteiger partial charge in [0.2, 0.25) is 5.91 Å². The maximum atomic E-state index is 13.5. The molecule has 1 amide bonds. The molecule has 6 rings (SSSR count). The maximum absolute atomic E-state index is 13.5. The molecule has 2 aliphatic heterocycles. The molecular formula is C28H25Cl2F3N4O3S. The smallest absolute Gasteiger partial charge is 0.387 e. The number of amides is 1. The van der Waals surface area contributed by atoms with Gasteiger partial charge in [0.15, 0.2) is 6.10 Å². The van der Waals surface area contributed by atoms with Gasteiger partial charge >= 0.3 is 6.18 Å². The van der Waals surface area contributed by atoms with Gasteiger partial charge in [-0.2, -0.15) is 13.2 Å². The van der Waals surface area contributed by atoms with Gasteiger partial charge in [0.05, 0.1) is 10.7 Å². The molecule has 4 heterocycles. The number of alkyl halides is 3. The number of carbonyl (C=O) groups excluding carboxylic acids is 1. The quantitative estimate of drug-likeness (QED) is 0.303. The summed E-state index contributed by atoms with van der Waals surface area (Å²) >= 11 is 14.2.